The molecule has 2 aromatic rings. The minimum absolute atomic E-state index is 0.00884. The average molecular weight is 444 g/mol. The molecule has 2 amide bonds. The molecule has 2 heterocycles. The highest BCUT2D eigenvalue weighted by Crippen LogP contribution is 2.18. The molecular weight excluding hydrogens is 410 g/mol. The Balaban J connectivity index is 1.80. The summed E-state index contributed by atoms with van der Waals surface area (Å²) in [6.45, 7) is 5.39. The summed E-state index contributed by atoms with van der Waals surface area (Å²) in [7, 11) is 1.75. The van der Waals surface area contributed by atoms with Gasteiger partial charge in [-0.3, -0.25) is 14.3 Å². The highest BCUT2D eigenvalue weighted by Gasteiger charge is 2.29. The van der Waals surface area contributed by atoms with Crippen LogP contribution in [0.15, 0.2) is 36.5 Å². The third kappa shape index (κ3) is 6.14. The van der Waals surface area contributed by atoms with Gasteiger partial charge in [-0.25, -0.2) is 0 Å². The number of hydrogen-bond donors (Lipinski definition) is 1. The van der Waals surface area contributed by atoms with Crippen molar-refractivity contribution < 1.29 is 19.4 Å². The number of amides is 2. The summed E-state index contributed by atoms with van der Waals surface area (Å²) >= 11 is 0. The van der Waals surface area contributed by atoms with Crippen LogP contribution in [-0.2, 0) is 22.7 Å². The predicted octanol–water partition coefficient (Wildman–Crippen LogP) is 1.57. The first-order valence-corrected chi connectivity index (χ1v) is 11.1. The number of aromatic nitrogens is 3. The number of carbonyl (C=O) groups is 2. The van der Waals surface area contributed by atoms with E-state index >= 15 is 0 Å². The molecule has 1 aromatic carbocycles. The van der Waals surface area contributed by atoms with Crippen LogP contribution in [0.25, 0.3) is 0 Å². The van der Waals surface area contributed by atoms with E-state index in [4.69, 9.17) is 4.74 Å². The Morgan fingerprint density at radius 1 is 1.34 bits per heavy atom. The summed E-state index contributed by atoms with van der Waals surface area (Å²) in [6, 6.07) is 8.82. The van der Waals surface area contributed by atoms with E-state index in [1.807, 2.05) is 38.2 Å². The van der Waals surface area contributed by atoms with Gasteiger partial charge in [-0.05, 0) is 25.5 Å². The highest BCUT2D eigenvalue weighted by molar-refractivity contribution is 5.94. The quantitative estimate of drug-likeness (QED) is 0.753. The van der Waals surface area contributed by atoms with Gasteiger partial charge in [0.25, 0.3) is 5.91 Å². The number of ether oxygens (including phenoxy) is 1. The minimum atomic E-state index is -0.334. The number of carbonyl (C=O) groups excluding carboxylic acids is 2. The van der Waals surface area contributed by atoms with E-state index in [0.717, 1.165) is 0 Å². The third-order valence-corrected chi connectivity index (χ3v) is 5.87. The SMILES string of the molecule is C[C@H]1CN([C@@H](C)CO)C(=O)CCCn2cc(nn2)CO[C@H]1CN(C)C(=O)c1ccccc1. The molecule has 1 aliphatic rings. The number of aliphatic hydroxyl groups is 1. The molecule has 0 spiro atoms. The summed E-state index contributed by atoms with van der Waals surface area (Å²) in [5.74, 6) is -0.174. The summed E-state index contributed by atoms with van der Waals surface area (Å²) < 4.78 is 7.92. The number of likely N-dealkylation sites (N-methyl/N-ethyl adjacent to an activating group) is 1. The van der Waals surface area contributed by atoms with E-state index < -0.39 is 0 Å². The van der Waals surface area contributed by atoms with Crippen LogP contribution < -0.4 is 0 Å². The number of aryl methyl sites for hydroxylation is 1. The lowest BCUT2D eigenvalue weighted by Crippen LogP contribution is -2.47. The van der Waals surface area contributed by atoms with Gasteiger partial charge < -0.3 is 19.6 Å². The fourth-order valence-corrected chi connectivity index (χ4v) is 3.85. The Morgan fingerprint density at radius 2 is 2.09 bits per heavy atom. The Bertz CT molecular complexity index is 888. The lowest BCUT2D eigenvalue weighted by atomic mass is 10.0. The second-order valence-electron chi connectivity index (χ2n) is 8.53. The van der Waals surface area contributed by atoms with Gasteiger partial charge in [-0.1, -0.05) is 30.3 Å². The second kappa shape index (κ2) is 11.2. The number of benzene rings is 1. The van der Waals surface area contributed by atoms with Crippen LogP contribution in [0.4, 0.5) is 0 Å². The zero-order chi connectivity index (χ0) is 23.1. The lowest BCUT2D eigenvalue weighted by molar-refractivity contribution is -0.136. The van der Waals surface area contributed by atoms with Gasteiger partial charge in [0.05, 0.1) is 31.6 Å². The van der Waals surface area contributed by atoms with Crippen molar-refractivity contribution >= 4 is 11.8 Å². The smallest absolute Gasteiger partial charge is 0.253 e. The van der Waals surface area contributed by atoms with E-state index in [-0.39, 0.29) is 43.1 Å². The molecule has 9 nitrogen and oxygen atoms in total. The van der Waals surface area contributed by atoms with Crippen molar-refractivity contribution in [2.45, 2.75) is 52.0 Å². The molecule has 174 valence electrons. The topological polar surface area (TPSA) is 101 Å². The van der Waals surface area contributed by atoms with Crippen LogP contribution in [-0.4, -0.2) is 80.6 Å². The highest BCUT2D eigenvalue weighted by atomic mass is 16.5. The molecule has 0 saturated carbocycles. The van der Waals surface area contributed by atoms with Crippen molar-refractivity contribution in [1.82, 2.24) is 24.8 Å². The molecule has 3 rings (SSSR count). The summed E-state index contributed by atoms with van der Waals surface area (Å²) in [5, 5.41) is 18.0. The van der Waals surface area contributed by atoms with Crippen molar-refractivity contribution in [3.05, 3.63) is 47.8 Å². The molecule has 1 aromatic heterocycles. The number of nitrogens with zero attached hydrogens (tertiary/aromatic N) is 5. The van der Waals surface area contributed by atoms with Gasteiger partial charge in [-0.15, -0.1) is 5.10 Å². The van der Waals surface area contributed by atoms with Crippen molar-refractivity contribution in [1.29, 1.82) is 0 Å². The number of fused-ring (bicyclic) bond motifs is 2. The molecule has 0 saturated heterocycles. The molecule has 0 fully saturated rings. The Morgan fingerprint density at radius 3 is 2.81 bits per heavy atom. The van der Waals surface area contributed by atoms with Gasteiger partial charge in [0, 0.05) is 44.6 Å². The monoisotopic (exact) mass is 443 g/mol. The van der Waals surface area contributed by atoms with Gasteiger partial charge >= 0.3 is 0 Å². The van der Waals surface area contributed by atoms with E-state index in [9.17, 15) is 14.7 Å². The summed E-state index contributed by atoms with van der Waals surface area (Å²) in [6.07, 6.45) is 2.50. The van der Waals surface area contributed by atoms with Crippen LogP contribution in [0.5, 0.6) is 0 Å². The first-order valence-electron chi connectivity index (χ1n) is 11.1. The first kappa shape index (κ1) is 23.9. The van der Waals surface area contributed by atoms with E-state index in [2.05, 4.69) is 10.3 Å². The van der Waals surface area contributed by atoms with E-state index in [1.54, 1.807) is 33.7 Å². The maximum absolute atomic E-state index is 12.9. The molecule has 0 radical (unpaired) electrons. The molecular formula is C23H33N5O4. The van der Waals surface area contributed by atoms with E-state index in [0.29, 0.717) is 43.7 Å². The van der Waals surface area contributed by atoms with Crippen LogP contribution >= 0.6 is 0 Å². The van der Waals surface area contributed by atoms with Gasteiger partial charge in [0.2, 0.25) is 5.91 Å². The lowest BCUT2D eigenvalue weighted by Gasteiger charge is -2.35. The number of aliphatic hydroxyl groups excluding tert-OH is 1. The maximum atomic E-state index is 12.9. The van der Waals surface area contributed by atoms with Crippen molar-refractivity contribution in [3.63, 3.8) is 0 Å². The zero-order valence-corrected chi connectivity index (χ0v) is 19.1. The number of rotatable bonds is 5. The van der Waals surface area contributed by atoms with Crippen molar-refractivity contribution in [2.75, 3.05) is 26.7 Å². The van der Waals surface area contributed by atoms with Crippen LogP contribution in [0.3, 0.4) is 0 Å². The normalized spacial score (nSPS) is 21.2. The maximum Gasteiger partial charge on any atom is 0.253 e. The molecule has 9 heteroatoms. The fourth-order valence-electron chi connectivity index (χ4n) is 3.85. The Hall–Kier alpha value is -2.78. The third-order valence-electron chi connectivity index (χ3n) is 5.87. The first-order chi connectivity index (χ1) is 15.4. The van der Waals surface area contributed by atoms with Crippen molar-refractivity contribution in [3.8, 4) is 0 Å². The summed E-state index contributed by atoms with van der Waals surface area (Å²) in [5.41, 5.74) is 1.33. The fraction of sp³-hybridized carbons (Fsp3) is 0.565. The van der Waals surface area contributed by atoms with Gasteiger partial charge in [-0.2, -0.15) is 0 Å². The van der Waals surface area contributed by atoms with E-state index in [1.165, 1.54) is 0 Å². The minimum Gasteiger partial charge on any atom is -0.394 e. The van der Waals surface area contributed by atoms with Crippen molar-refractivity contribution in [2.24, 2.45) is 5.92 Å². The Labute approximate surface area is 189 Å². The molecule has 1 aliphatic heterocycles. The average Bonchev–Trinajstić information content (AvgIpc) is 3.26. The van der Waals surface area contributed by atoms with Gasteiger partial charge in [0.15, 0.2) is 0 Å². The second-order valence-corrected chi connectivity index (χ2v) is 8.53. The predicted molar refractivity (Wildman–Crippen MR) is 119 cm³/mol. The van der Waals surface area contributed by atoms with Crippen LogP contribution in [0, 0.1) is 5.92 Å². The standard InChI is InChI=1S/C23H33N5O4/c1-17-12-28(18(2)15-29)22(30)10-7-11-27-13-20(24-25-27)16-32-21(17)14-26(3)23(31)19-8-5-4-6-9-19/h4-6,8-9,13,17-18,21,29H,7,10-12,14-16H2,1-3H3/t17-,18-,21-/m0/s1. The molecule has 2 bridgehead atoms. The number of hydrogen-bond acceptors (Lipinski definition) is 6. The largest absolute Gasteiger partial charge is 0.394 e. The molecule has 32 heavy (non-hydrogen) atoms. The zero-order valence-electron chi connectivity index (χ0n) is 19.1. The molecule has 0 aliphatic carbocycles. The van der Waals surface area contributed by atoms with Crippen LogP contribution in [0.1, 0.15) is 42.7 Å². The summed E-state index contributed by atoms with van der Waals surface area (Å²) in [4.78, 5) is 29.2. The molecule has 1 N–H and O–H groups in total. The molecule has 0 unspecified atom stereocenters. The van der Waals surface area contributed by atoms with Crippen LogP contribution in [0.2, 0.25) is 0 Å². The Kier molecular flexibility index (Phi) is 8.35. The molecule has 3 atom stereocenters. The van der Waals surface area contributed by atoms with Gasteiger partial charge in [0.1, 0.15) is 5.69 Å².